The summed E-state index contributed by atoms with van der Waals surface area (Å²) in [6, 6.07) is 17.7. The van der Waals surface area contributed by atoms with Crippen molar-refractivity contribution in [3.63, 3.8) is 0 Å². The molecule has 0 heterocycles. The molecule has 0 aliphatic heterocycles. The minimum Gasteiger partial charge on any atom is -0.268 e. The molecule has 3 aromatic carbocycles. The van der Waals surface area contributed by atoms with Gasteiger partial charge in [-0.1, -0.05) is 66.4 Å². The summed E-state index contributed by atoms with van der Waals surface area (Å²) in [7, 11) is -4.18. The van der Waals surface area contributed by atoms with E-state index in [-0.39, 0.29) is 21.2 Å². The van der Waals surface area contributed by atoms with Gasteiger partial charge in [-0.15, -0.1) is 0 Å². The number of anilines is 1. The first kappa shape index (κ1) is 23.3. The highest BCUT2D eigenvalue weighted by Crippen LogP contribution is 2.30. The third-order valence-electron chi connectivity index (χ3n) is 4.90. The Morgan fingerprint density at radius 2 is 1.58 bits per heavy atom. The number of hydrogen-bond acceptors (Lipinski definition) is 3. The van der Waals surface area contributed by atoms with Gasteiger partial charge in [-0.2, -0.15) is 4.31 Å². The molecule has 31 heavy (non-hydrogen) atoms. The molecule has 0 bridgehead atoms. The predicted octanol–water partition coefficient (Wildman–Crippen LogP) is 6.68. The summed E-state index contributed by atoms with van der Waals surface area (Å²) in [6.45, 7) is 3.97. The van der Waals surface area contributed by atoms with Crippen molar-refractivity contribution < 1.29 is 13.2 Å². The number of benzene rings is 3. The van der Waals surface area contributed by atoms with Crippen LogP contribution in [0.2, 0.25) is 10.0 Å². The van der Waals surface area contributed by atoms with Crippen LogP contribution in [0, 0.1) is 6.92 Å². The fourth-order valence-corrected chi connectivity index (χ4v) is 5.03. The normalized spacial score (nSPS) is 11.4. The number of hydrogen-bond donors (Lipinski definition) is 0. The molecule has 0 aromatic heterocycles. The van der Waals surface area contributed by atoms with Crippen LogP contribution in [-0.2, 0) is 16.4 Å². The minimum absolute atomic E-state index is 0.0200. The van der Waals surface area contributed by atoms with E-state index in [2.05, 4.69) is 6.92 Å². The molecule has 0 unspecified atom stereocenters. The van der Waals surface area contributed by atoms with Gasteiger partial charge in [-0.05, 0) is 67.8 Å². The van der Waals surface area contributed by atoms with Crippen molar-refractivity contribution in [1.82, 2.24) is 0 Å². The maximum Gasteiger partial charge on any atom is 0.273 e. The number of nitrogens with zero attached hydrogens (tertiary/aromatic N) is 1. The smallest absolute Gasteiger partial charge is 0.268 e. The van der Waals surface area contributed by atoms with Crippen molar-refractivity contribution in [2.45, 2.75) is 38.0 Å². The van der Waals surface area contributed by atoms with Gasteiger partial charge in [0, 0.05) is 5.02 Å². The second-order valence-electron chi connectivity index (χ2n) is 7.28. The first-order chi connectivity index (χ1) is 14.7. The molecular formula is C24H23Cl2NO3S. The molecular weight excluding hydrogens is 453 g/mol. The van der Waals surface area contributed by atoms with Gasteiger partial charge in [-0.25, -0.2) is 8.42 Å². The zero-order chi connectivity index (χ0) is 22.6. The highest BCUT2D eigenvalue weighted by atomic mass is 35.5. The van der Waals surface area contributed by atoms with E-state index in [4.69, 9.17) is 23.2 Å². The Morgan fingerprint density at radius 3 is 2.16 bits per heavy atom. The van der Waals surface area contributed by atoms with Gasteiger partial charge in [0.15, 0.2) is 0 Å². The van der Waals surface area contributed by atoms with Crippen LogP contribution in [0.15, 0.2) is 71.6 Å². The molecule has 0 atom stereocenters. The Morgan fingerprint density at radius 1 is 0.935 bits per heavy atom. The SMILES string of the molecule is CCCCc1ccc(N(C(=O)c2ccc(Cl)cc2Cl)S(=O)(=O)c2ccc(C)cc2)cc1. The van der Waals surface area contributed by atoms with E-state index in [1.54, 1.807) is 24.3 Å². The van der Waals surface area contributed by atoms with Gasteiger partial charge in [-0.3, -0.25) is 4.79 Å². The molecule has 7 heteroatoms. The molecule has 0 aliphatic rings. The molecule has 0 aliphatic carbocycles. The minimum atomic E-state index is -4.18. The van der Waals surface area contributed by atoms with E-state index < -0.39 is 15.9 Å². The zero-order valence-corrected chi connectivity index (χ0v) is 19.6. The van der Waals surface area contributed by atoms with Gasteiger partial charge >= 0.3 is 0 Å². The quantitative estimate of drug-likeness (QED) is 0.382. The number of carbonyl (C=O) groups excluding carboxylic acids is 1. The van der Waals surface area contributed by atoms with Crippen molar-refractivity contribution >= 4 is 44.8 Å². The third kappa shape index (κ3) is 5.29. The van der Waals surface area contributed by atoms with Crippen LogP contribution in [0.4, 0.5) is 5.69 Å². The van der Waals surface area contributed by atoms with E-state index in [0.717, 1.165) is 34.7 Å². The van der Waals surface area contributed by atoms with Crippen LogP contribution in [0.5, 0.6) is 0 Å². The zero-order valence-electron chi connectivity index (χ0n) is 17.3. The lowest BCUT2D eigenvalue weighted by atomic mass is 10.1. The maximum atomic E-state index is 13.5. The van der Waals surface area contributed by atoms with Gasteiger partial charge < -0.3 is 0 Å². The predicted molar refractivity (Wildman–Crippen MR) is 127 cm³/mol. The molecule has 3 rings (SSSR count). The summed E-state index contributed by atoms with van der Waals surface area (Å²) >= 11 is 12.2. The van der Waals surface area contributed by atoms with Gasteiger partial charge in [0.1, 0.15) is 0 Å². The number of amides is 1. The van der Waals surface area contributed by atoms with E-state index in [0.29, 0.717) is 5.02 Å². The average molecular weight is 476 g/mol. The Labute approximate surface area is 193 Å². The van der Waals surface area contributed by atoms with E-state index in [9.17, 15) is 13.2 Å². The number of sulfonamides is 1. The summed E-state index contributed by atoms with van der Waals surface area (Å²) in [5, 5.41) is 0.441. The Balaban J connectivity index is 2.11. The van der Waals surface area contributed by atoms with E-state index >= 15 is 0 Å². The van der Waals surface area contributed by atoms with Crippen LogP contribution in [-0.4, -0.2) is 14.3 Å². The van der Waals surface area contributed by atoms with Crippen LogP contribution in [0.25, 0.3) is 0 Å². The second-order valence-corrected chi connectivity index (χ2v) is 9.91. The van der Waals surface area contributed by atoms with Crippen LogP contribution < -0.4 is 4.31 Å². The molecule has 3 aromatic rings. The Kier molecular flexibility index (Phi) is 7.42. The number of carbonyl (C=O) groups is 1. The molecule has 0 spiro atoms. The molecule has 1 amide bonds. The van der Waals surface area contributed by atoms with Crippen molar-refractivity contribution in [1.29, 1.82) is 0 Å². The summed E-state index contributed by atoms with van der Waals surface area (Å²) in [5.74, 6) is -0.747. The van der Waals surface area contributed by atoms with Crippen LogP contribution in [0.3, 0.4) is 0 Å². The number of rotatable bonds is 7. The summed E-state index contributed by atoms with van der Waals surface area (Å²) < 4.78 is 27.9. The highest BCUT2D eigenvalue weighted by molar-refractivity contribution is 7.93. The topological polar surface area (TPSA) is 54.5 Å². The van der Waals surface area contributed by atoms with Crippen LogP contribution >= 0.6 is 23.2 Å². The Hall–Kier alpha value is -2.34. The monoisotopic (exact) mass is 475 g/mol. The van der Waals surface area contributed by atoms with Gasteiger partial charge in [0.05, 0.1) is 21.2 Å². The lowest BCUT2D eigenvalue weighted by molar-refractivity contribution is 0.101. The lowest BCUT2D eigenvalue weighted by Gasteiger charge is -2.23. The lowest BCUT2D eigenvalue weighted by Crippen LogP contribution is -2.37. The third-order valence-corrected chi connectivity index (χ3v) is 7.17. The van der Waals surface area contributed by atoms with E-state index in [1.807, 2.05) is 19.1 Å². The highest BCUT2D eigenvalue weighted by Gasteiger charge is 2.33. The molecule has 0 saturated carbocycles. The first-order valence-corrected chi connectivity index (χ1v) is 12.1. The number of unbranched alkanes of at least 4 members (excludes halogenated alkanes) is 1. The molecule has 0 saturated heterocycles. The van der Waals surface area contributed by atoms with Crippen molar-refractivity contribution in [2.75, 3.05) is 4.31 Å². The van der Waals surface area contributed by atoms with Crippen molar-refractivity contribution in [3.8, 4) is 0 Å². The number of halogens is 2. The van der Waals surface area contributed by atoms with Crippen molar-refractivity contribution in [3.05, 3.63) is 93.5 Å². The molecule has 0 N–H and O–H groups in total. The fraction of sp³-hybridized carbons (Fsp3) is 0.208. The largest absolute Gasteiger partial charge is 0.273 e. The van der Waals surface area contributed by atoms with E-state index in [1.165, 1.54) is 30.3 Å². The van der Waals surface area contributed by atoms with Gasteiger partial charge in [0.25, 0.3) is 15.9 Å². The standard InChI is InChI=1S/C24H23Cl2NO3S/c1-3-4-5-18-8-11-20(12-9-18)27(24(28)22-15-10-19(25)16-23(22)26)31(29,30)21-13-6-17(2)7-14-21/h6-16H,3-5H2,1-2H3. The summed E-state index contributed by atoms with van der Waals surface area (Å²) in [5.41, 5.74) is 2.29. The summed E-state index contributed by atoms with van der Waals surface area (Å²) in [4.78, 5) is 13.5. The fourth-order valence-electron chi connectivity index (χ4n) is 3.13. The molecule has 0 radical (unpaired) electrons. The second kappa shape index (κ2) is 9.86. The van der Waals surface area contributed by atoms with Crippen LogP contribution in [0.1, 0.15) is 41.3 Å². The molecule has 162 valence electrons. The number of aryl methyl sites for hydroxylation is 2. The Bertz CT molecular complexity index is 1170. The molecule has 0 fully saturated rings. The van der Waals surface area contributed by atoms with Crippen molar-refractivity contribution in [2.24, 2.45) is 0 Å². The first-order valence-electron chi connectivity index (χ1n) is 9.94. The van der Waals surface area contributed by atoms with Gasteiger partial charge in [0.2, 0.25) is 0 Å². The maximum absolute atomic E-state index is 13.5. The average Bonchev–Trinajstić information content (AvgIpc) is 2.73. The summed E-state index contributed by atoms with van der Waals surface area (Å²) in [6.07, 6.45) is 2.98. The molecule has 4 nitrogen and oxygen atoms in total.